The number of alkyl halides is 3. The zero-order chi connectivity index (χ0) is 27.5. The molecule has 38 heavy (non-hydrogen) atoms. The molecular weight excluding hydrogens is 525 g/mol. The van der Waals surface area contributed by atoms with Gasteiger partial charge >= 0.3 is 16.5 Å². The fourth-order valence-corrected chi connectivity index (χ4v) is 3.58. The number of rotatable bonds is 8. The van der Waals surface area contributed by atoms with Crippen LogP contribution in [0.4, 0.5) is 30.6 Å². The van der Waals surface area contributed by atoms with E-state index in [-0.39, 0.29) is 17.4 Å². The molecule has 2 aromatic carbocycles. The van der Waals surface area contributed by atoms with E-state index in [4.69, 9.17) is 14.7 Å². The molecule has 0 saturated heterocycles. The summed E-state index contributed by atoms with van der Waals surface area (Å²) in [7, 11) is -1.17. The fraction of sp³-hybridized carbons (Fsp3) is 0.125. The Kier molecular flexibility index (Phi) is 7.37. The number of halogens is 3. The van der Waals surface area contributed by atoms with Gasteiger partial charge in [0.15, 0.2) is 0 Å². The molecule has 0 aliphatic rings. The van der Waals surface area contributed by atoms with Gasteiger partial charge in [-0.2, -0.15) is 30.9 Å². The van der Waals surface area contributed by atoms with Crippen molar-refractivity contribution < 1.29 is 30.5 Å². The number of nitrogen functional groups attached to an aromatic ring is 1. The Bertz CT molecular complexity index is 1530. The number of ether oxygens (including phenoxy) is 1. The first-order valence-corrected chi connectivity index (χ1v) is 12.2. The molecule has 0 atom stereocenters. The average molecular weight is 547 g/mol. The van der Waals surface area contributed by atoms with Crippen LogP contribution in [-0.4, -0.2) is 41.8 Å². The highest BCUT2D eigenvalue weighted by molar-refractivity contribution is 7.84. The maximum absolute atomic E-state index is 12.9. The smallest absolute Gasteiger partial charge is 0.433 e. The molecule has 0 unspecified atom stereocenters. The highest BCUT2D eigenvalue weighted by Crippen LogP contribution is 2.32. The van der Waals surface area contributed by atoms with Gasteiger partial charge in [0, 0.05) is 43.7 Å². The molecular formula is C24H21F3N6O4S. The Morgan fingerprint density at radius 1 is 0.895 bits per heavy atom. The average Bonchev–Trinajstić information content (AvgIpc) is 2.85. The van der Waals surface area contributed by atoms with E-state index < -0.39 is 22.2 Å². The molecule has 0 aliphatic heterocycles. The van der Waals surface area contributed by atoms with Crippen LogP contribution < -0.4 is 20.0 Å². The lowest BCUT2D eigenvalue weighted by molar-refractivity contribution is -0.141. The van der Waals surface area contributed by atoms with E-state index in [0.717, 1.165) is 16.6 Å². The minimum atomic E-state index is -4.58. The Morgan fingerprint density at radius 2 is 1.55 bits per heavy atom. The zero-order valence-corrected chi connectivity index (χ0v) is 20.8. The molecule has 0 amide bonds. The number of hydrogen-bond donors (Lipinski definition) is 2. The number of benzene rings is 2. The van der Waals surface area contributed by atoms with Gasteiger partial charge in [-0.3, -0.25) is 4.98 Å². The highest BCUT2D eigenvalue weighted by Gasteiger charge is 2.32. The normalized spacial score (nSPS) is 11.8. The molecule has 14 heteroatoms. The van der Waals surface area contributed by atoms with E-state index in [1.807, 2.05) is 0 Å². The van der Waals surface area contributed by atoms with Crippen molar-refractivity contribution >= 4 is 27.8 Å². The van der Waals surface area contributed by atoms with E-state index in [9.17, 15) is 21.6 Å². The third kappa shape index (κ3) is 6.66. The van der Waals surface area contributed by atoms with Crippen LogP contribution in [0.5, 0.6) is 17.2 Å². The number of nitrogens with zero attached hydrogens (tertiary/aromatic N) is 4. The van der Waals surface area contributed by atoms with Crippen LogP contribution in [0.2, 0.25) is 0 Å². The first kappa shape index (κ1) is 26.6. The van der Waals surface area contributed by atoms with Crippen LogP contribution in [0.3, 0.4) is 0 Å². The second-order valence-corrected chi connectivity index (χ2v) is 9.72. The first-order valence-electron chi connectivity index (χ1n) is 10.8. The molecule has 0 spiro atoms. The molecule has 10 nitrogen and oxygen atoms in total. The maximum Gasteiger partial charge on any atom is 0.433 e. The Morgan fingerprint density at radius 3 is 2.18 bits per heavy atom. The second-order valence-electron chi connectivity index (χ2n) is 7.97. The Balaban J connectivity index is 1.46. The number of anilines is 3. The van der Waals surface area contributed by atoms with Crippen LogP contribution in [0.1, 0.15) is 5.69 Å². The SMILES string of the molecule is CN(C)S(=O)(=O)Oc1ccc(-c2cc(Nc3ccc(Oc4ccnc(C(F)(F)F)c4)cc3)nc(N)n2)cc1. The summed E-state index contributed by atoms with van der Waals surface area (Å²) in [4.78, 5) is 11.7. The number of hydrogen-bond acceptors (Lipinski definition) is 9. The molecule has 198 valence electrons. The van der Waals surface area contributed by atoms with Gasteiger partial charge in [0.1, 0.15) is 28.8 Å². The van der Waals surface area contributed by atoms with Gasteiger partial charge in [-0.1, -0.05) is 0 Å². The molecule has 4 rings (SSSR count). The molecule has 0 fully saturated rings. The summed E-state index contributed by atoms with van der Waals surface area (Å²) in [5, 5.41) is 3.07. The van der Waals surface area contributed by atoms with Gasteiger partial charge in [-0.05, 0) is 54.6 Å². The Labute approximate surface area is 216 Å². The molecule has 3 N–H and O–H groups in total. The fourth-order valence-electron chi connectivity index (χ4n) is 3.08. The van der Waals surface area contributed by atoms with E-state index in [0.29, 0.717) is 28.5 Å². The predicted molar refractivity (Wildman–Crippen MR) is 134 cm³/mol. The van der Waals surface area contributed by atoms with Gasteiger partial charge in [-0.25, -0.2) is 4.98 Å². The van der Waals surface area contributed by atoms with Crippen molar-refractivity contribution in [2.75, 3.05) is 25.1 Å². The van der Waals surface area contributed by atoms with Crippen LogP contribution in [0.15, 0.2) is 72.9 Å². The van der Waals surface area contributed by atoms with E-state index in [1.54, 1.807) is 42.5 Å². The predicted octanol–water partition coefficient (Wildman–Crippen LogP) is 4.86. The summed E-state index contributed by atoms with van der Waals surface area (Å²) in [5.74, 6) is 0.819. The van der Waals surface area contributed by atoms with Crippen LogP contribution in [0, 0.1) is 0 Å². The standard InChI is InChI=1S/C24H21F3N6O4S/c1-33(2)38(34,35)37-18-7-3-15(4-8-18)20-14-22(32-23(28)31-20)30-16-5-9-17(10-6-16)36-19-11-12-29-21(13-19)24(25,26)27/h3-14H,1-2H3,(H3,28,30,31,32). The van der Waals surface area contributed by atoms with Crippen molar-refractivity contribution in [1.82, 2.24) is 19.3 Å². The second kappa shape index (κ2) is 10.5. The summed E-state index contributed by atoms with van der Waals surface area (Å²) >= 11 is 0. The lowest BCUT2D eigenvalue weighted by Crippen LogP contribution is -2.26. The number of nitrogens with one attached hydrogen (secondary N) is 1. The maximum atomic E-state index is 12.9. The zero-order valence-electron chi connectivity index (χ0n) is 20.0. The Hall–Kier alpha value is -4.43. The molecule has 2 heterocycles. The molecule has 0 saturated carbocycles. The molecule has 0 bridgehead atoms. The summed E-state index contributed by atoms with van der Waals surface area (Å²) < 4.78 is 73.8. The third-order valence-corrected chi connectivity index (χ3v) is 6.22. The molecule has 4 aromatic rings. The molecule has 0 radical (unpaired) electrons. The lowest BCUT2D eigenvalue weighted by atomic mass is 10.1. The van der Waals surface area contributed by atoms with E-state index in [2.05, 4.69) is 20.3 Å². The van der Waals surface area contributed by atoms with Crippen molar-refractivity contribution in [2.45, 2.75) is 6.18 Å². The topological polar surface area (TPSA) is 133 Å². The van der Waals surface area contributed by atoms with Crippen molar-refractivity contribution in [3.63, 3.8) is 0 Å². The van der Waals surface area contributed by atoms with Gasteiger partial charge in [0.2, 0.25) is 5.95 Å². The van der Waals surface area contributed by atoms with Crippen LogP contribution in [0.25, 0.3) is 11.3 Å². The number of pyridine rings is 1. The van der Waals surface area contributed by atoms with Crippen LogP contribution in [-0.2, 0) is 16.5 Å². The van der Waals surface area contributed by atoms with Gasteiger partial charge in [0.05, 0.1) is 5.69 Å². The van der Waals surface area contributed by atoms with Crippen molar-refractivity contribution in [3.8, 4) is 28.5 Å². The molecule has 0 aliphatic carbocycles. The summed E-state index contributed by atoms with van der Waals surface area (Å²) in [6.45, 7) is 0. The van der Waals surface area contributed by atoms with Gasteiger partial charge < -0.3 is 20.0 Å². The van der Waals surface area contributed by atoms with Gasteiger partial charge in [-0.15, -0.1) is 0 Å². The van der Waals surface area contributed by atoms with E-state index >= 15 is 0 Å². The minimum absolute atomic E-state index is 0.00128. The monoisotopic (exact) mass is 546 g/mol. The van der Waals surface area contributed by atoms with E-state index in [1.165, 1.54) is 32.3 Å². The quantitative estimate of drug-likeness (QED) is 0.318. The largest absolute Gasteiger partial charge is 0.457 e. The minimum Gasteiger partial charge on any atom is -0.457 e. The summed E-state index contributed by atoms with van der Waals surface area (Å²) in [6.07, 6.45) is -3.55. The summed E-state index contributed by atoms with van der Waals surface area (Å²) in [6, 6.07) is 16.5. The number of aromatic nitrogens is 3. The lowest BCUT2D eigenvalue weighted by Gasteiger charge is -2.12. The highest BCUT2D eigenvalue weighted by atomic mass is 32.2. The summed E-state index contributed by atoms with van der Waals surface area (Å²) in [5.41, 5.74) is 6.53. The van der Waals surface area contributed by atoms with Crippen LogP contribution >= 0.6 is 0 Å². The third-order valence-electron chi connectivity index (χ3n) is 4.93. The molecule has 2 aromatic heterocycles. The number of nitrogens with two attached hydrogens (primary N) is 1. The van der Waals surface area contributed by atoms with Crippen molar-refractivity contribution in [3.05, 3.63) is 78.6 Å². The van der Waals surface area contributed by atoms with Crippen molar-refractivity contribution in [1.29, 1.82) is 0 Å². The van der Waals surface area contributed by atoms with Gasteiger partial charge in [0.25, 0.3) is 0 Å². The van der Waals surface area contributed by atoms with Crippen molar-refractivity contribution in [2.24, 2.45) is 0 Å². The first-order chi connectivity index (χ1) is 17.9.